The molecule has 6 nitrogen and oxygen atoms in total. The quantitative estimate of drug-likeness (QED) is 0.932. The van der Waals surface area contributed by atoms with Gasteiger partial charge in [0.05, 0.1) is 0 Å². The largest absolute Gasteiger partial charge is 0.480 e. The molecule has 0 aliphatic carbocycles. The van der Waals surface area contributed by atoms with E-state index in [1.54, 1.807) is 31.2 Å². The molecule has 1 atom stereocenters. The number of hydrogen-bond donors (Lipinski definition) is 1. The van der Waals surface area contributed by atoms with Gasteiger partial charge in [-0.15, -0.1) is 0 Å². The molecule has 1 saturated heterocycles. The number of aliphatic carboxylic acids is 1. The predicted molar refractivity (Wildman–Crippen MR) is 83.3 cm³/mol. The Labute approximate surface area is 137 Å². The predicted octanol–water partition coefficient (Wildman–Crippen LogP) is 3.07. The number of likely N-dealkylation sites (tertiary alicyclic amines) is 1. The fourth-order valence-corrected chi connectivity index (χ4v) is 2.99. The molecule has 1 fully saturated rings. The van der Waals surface area contributed by atoms with Gasteiger partial charge in [-0.2, -0.15) is 0 Å². The molecular formula is C16H15ClN2O4. The fraction of sp³-hybridized carbons (Fsp3) is 0.312. The summed E-state index contributed by atoms with van der Waals surface area (Å²) in [5.74, 6) is -1.46. The molecule has 1 aromatic carbocycles. The van der Waals surface area contributed by atoms with E-state index in [0.29, 0.717) is 30.1 Å². The first-order valence-corrected chi connectivity index (χ1v) is 7.57. The topological polar surface area (TPSA) is 83.6 Å². The average Bonchev–Trinajstić information content (AvgIpc) is 3.14. The molecule has 120 valence electrons. The summed E-state index contributed by atoms with van der Waals surface area (Å²) in [5.41, 5.74) is -0.00473. The van der Waals surface area contributed by atoms with Crippen LogP contribution in [-0.4, -0.2) is 39.1 Å². The van der Waals surface area contributed by atoms with Gasteiger partial charge in [-0.1, -0.05) is 28.9 Å². The lowest BCUT2D eigenvalue weighted by atomic mass is 9.99. The van der Waals surface area contributed by atoms with Gasteiger partial charge in [-0.3, -0.25) is 4.79 Å². The summed E-state index contributed by atoms with van der Waals surface area (Å²) < 4.78 is 5.13. The maximum Gasteiger partial charge on any atom is 0.329 e. The number of benzene rings is 1. The Balaban J connectivity index is 1.88. The first-order chi connectivity index (χ1) is 10.9. The maximum absolute atomic E-state index is 12.6. The maximum atomic E-state index is 12.6. The lowest BCUT2D eigenvalue weighted by molar-refractivity contribution is -0.147. The van der Waals surface area contributed by atoms with Gasteiger partial charge in [-0.05, 0) is 31.9 Å². The zero-order valence-electron chi connectivity index (χ0n) is 12.5. The lowest BCUT2D eigenvalue weighted by Crippen LogP contribution is -2.50. The summed E-state index contributed by atoms with van der Waals surface area (Å²) in [6.07, 6.45) is 1.06. The number of carboxylic acid groups (broad SMARTS) is 1. The first kappa shape index (κ1) is 15.6. The highest BCUT2D eigenvalue weighted by Crippen LogP contribution is 2.31. The molecule has 0 radical (unpaired) electrons. The van der Waals surface area contributed by atoms with Crippen molar-refractivity contribution in [3.63, 3.8) is 0 Å². The van der Waals surface area contributed by atoms with Gasteiger partial charge in [0.1, 0.15) is 11.2 Å². The number of carbonyl (C=O) groups excluding carboxylic acids is 1. The van der Waals surface area contributed by atoms with Crippen molar-refractivity contribution in [3.05, 3.63) is 41.1 Å². The van der Waals surface area contributed by atoms with E-state index >= 15 is 0 Å². The molecule has 1 unspecified atom stereocenters. The summed E-state index contributed by atoms with van der Waals surface area (Å²) in [7, 11) is 0. The third-order valence-electron chi connectivity index (χ3n) is 4.19. The second-order valence-electron chi connectivity index (χ2n) is 5.73. The van der Waals surface area contributed by atoms with Crippen LogP contribution in [0.2, 0.25) is 5.02 Å². The van der Waals surface area contributed by atoms with Crippen LogP contribution in [0.4, 0.5) is 0 Å². The van der Waals surface area contributed by atoms with E-state index in [1.807, 2.05) is 0 Å². The van der Waals surface area contributed by atoms with Crippen LogP contribution in [-0.2, 0) is 4.79 Å². The van der Waals surface area contributed by atoms with Crippen molar-refractivity contribution in [2.75, 3.05) is 6.54 Å². The minimum absolute atomic E-state index is 0.0225. The Bertz CT molecular complexity index is 773. The number of amides is 1. The van der Waals surface area contributed by atoms with Gasteiger partial charge >= 0.3 is 5.97 Å². The van der Waals surface area contributed by atoms with Crippen molar-refractivity contribution in [2.45, 2.75) is 25.3 Å². The van der Waals surface area contributed by atoms with Gasteiger partial charge in [-0.25, -0.2) is 4.79 Å². The highest BCUT2D eigenvalue weighted by molar-refractivity contribution is 6.30. The summed E-state index contributed by atoms with van der Waals surface area (Å²) >= 11 is 5.94. The van der Waals surface area contributed by atoms with E-state index in [0.717, 1.165) is 5.56 Å². The van der Waals surface area contributed by atoms with Crippen molar-refractivity contribution in [1.29, 1.82) is 0 Å². The van der Waals surface area contributed by atoms with Crippen molar-refractivity contribution >= 4 is 23.5 Å². The van der Waals surface area contributed by atoms with Crippen LogP contribution in [0.1, 0.15) is 30.3 Å². The molecule has 1 aliphatic rings. The summed E-state index contributed by atoms with van der Waals surface area (Å²) in [4.78, 5) is 25.4. The van der Waals surface area contributed by atoms with Crippen LogP contribution in [0.25, 0.3) is 11.3 Å². The number of aromatic nitrogens is 1. The Hall–Kier alpha value is -2.34. The van der Waals surface area contributed by atoms with Crippen molar-refractivity contribution in [2.24, 2.45) is 0 Å². The van der Waals surface area contributed by atoms with Gasteiger partial charge in [0.15, 0.2) is 0 Å². The Morgan fingerprint density at radius 3 is 2.87 bits per heavy atom. The van der Waals surface area contributed by atoms with E-state index in [4.69, 9.17) is 16.1 Å². The SMILES string of the molecule is CC1(C(=O)O)CCCN1C(=O)c1cc(-c2cccc(Cl)c2)no1. The summed E-state index contributed by atoms with van der Waals surface area (Å²) in [6.45, 7) is 1.93. The highest BCUT2D eigenvalue weighted by Gasteiger charge is 2.47. The Morgan fingerprint density at radius 2 is 2.17 bits per heavy atom. The highest BCUT2D eigenvalue weighted by atomic mass is 35.5. The Morgan fingerprint density at radius 1 is 1.39 bits per heavy atom. The molecule has 2 aromatic rings. The molecule has 1 aliphatic heterocycles. The molecule has 1 aromatic heterocycles. The number of halogens is 1. The minimum Gasteiger partial charge on any atom is -0.480 e. The molecule has 0 spiro atoms. The summed E-state index contributed by atoms with van der Waals surface area (Å²) in [5, 5.41) is 13.8. The van der Waals surface area contributed by atoms with Gasteiger partial charge in [0.25, 0.3) is 5.91 Å². The van der Waals surface area contributed by atoms with E-state index in [2.05, 4.69) is 5.16 Å². The first-order valence-electron chi connectivity index (χ1n) is 7.20. The number of rotatable bonds is 3. The van der Waals surface area contributed by atoms with E-state index in [-0.39, 0.29) is 5.76 Å². The standard InChI is InChI=1S/C16H15ClN2O4/c1-16(15(21)22)6-3-7-19(16)14(20)13-9-12(18-23-13)10-4-2-5-11(17)8-10/h2,4-5,8-9H,3,6-7H2,1H3,(H,21,22). The number of hydrogen-bond acceptors (Lipinski definition) is 4. The van der Waals surface area contributed by atoms with E-state index in [9.17, 15) is 14.7 Å². The van der Waals surface area contributed by atoms with E-state index in [1.165, 1.54) is 11.0 Å². The molecule has 1 amide bonds. The van der Waals surface area contributed by atoms with Crippen LogP contribution in [0.3, 0.4) is 0 Å². The average molecular weight is 335 g/mol. The lowest BCUT2D eigenvalue weighted by Gasteiger charge is -2.30. The third-order valence-corrected chi connectivity index (χ3v) is 4.42. The van der Waals surface area contributed by atoms with E-state index < -0.39 is 17.4 Å². The number of nitrogens with zero attached hydrogens (tertiary/aromatic N) is 2. The van der Waals surface area contributed by atoms with Crippen LogP contribution >= 0.6 is 11.6 Å². The summed E-state index contributed by atoms with van der Waals surface area (Å²) in [6, 6.07) is 8.53. The number of carbonyl (C=O) groups is 2. The van der Waals surface area contributed by atoms with Crippen molar-refractivity contribution in [1.82, 2.24) is 10.1 Å². The second-order valence-corrected chi connectivity index (χ2v) is 6.16. The zero-order chi connectivity index (χ0) is 16.6. The molecule has 3 rings (SSSR count). The smallest absolute Gasteiger partial charge is 0.329 e. The zero-order valence-corrected chi connectivity index (χ0v) is 13.2. The Kier molecular flexibility index (Phi) is 3.85. The molecule has 0 saturated carbocycles. The minimum atomic E-state index is -1.21. The van der Waals surface area contributed by atoms with Crippen molar-refractivity contribution < 1.29 is 19.2 Å². The monoisotopic (exact) mass is 334 g/mol. The van der Waals surface area contributed by atoms with Crippen LogP contribution < -0.4 is 0 Å². The molecule has 7 heteroatoms. The van der Waals surface area contributed by atoms with Gasteiger partial charge in [0, 0.05) is 23.2 Å². The molecular weight excluding hydrogens is 320 g/mol. The van der Waals surface area contributed by atoms with Crippen LogP contribution in [0, 0.1) is 0 Å². The normalized spacial score (nSPS) is 20.7. The van der Waals surface area contributed by atoms with Crippen LogP contribution in [0.5, 0.6) is 0 Å². The van der Waals surface area contributed by atoms with Gasteiger partial charge in [0.2, 0.25) is 5.76 Å². The molecule has 2 heterocycles. The third kappa shape index (κ3) is 2.70. The molecule has 23 heavy (non-hydrogen) atoms. The fourth-order valence-electron chi connectivity index (χ4n) is 2.80. The van der Waals surface area contributed by atoms with Crippen LogP contribution in [0.15, 0.2) is 34.9 Å². The second kappa shape index (κ2) is 5.70. The molecule has 0 bridgehead atoms. The molecule has 1 N–H and O–H groups in total. The number of carboxylic acids is 1. The van der Waals surface area contributed by atoms with Crippen molar-refractivity contribution in [3.8, 4) is 11.3 Å². The van der Waals surface area contributed by atoms with Gasteiger partial charge < -0.3 is 14.5 Å².